The lowest BCUT2D eigenvalue weighted by Crippen LogP contribution is -2.41. The lowest BCUT2D eigenvalue weighted by molar-refractivity contribution is -0.158. The van der Waals surface area contributed by atoms with Gasteiger partial charge in [0, 0.05) is 10.6 Å². The van der Waals surface area contributed by atoms with E-state index in [1.807, 2.05) is 37.3 Å². The maximum Gasteiger partial charge on any atom is 0.338 e. The van der Waals surface area contributed by atoms with Crippen molar-refractivity contribution in [2.45, 2.75) is 37.1 Å². The first-order valence-electron chi connectivity index (χ1n) is 11.5. The number of nitrogens with zero attached hydrogens (tertiary/aromatic N) is 3. The molecule has 2 aliphatic heterocycles. The highest BCUT2D eigenvalue weighted by Crippen LogP contribution is 2.53. The van der Waals surface area contributed by atoms with Crippen LogP contribution < -0.4 is 5.73 Å². The monoisotopic (exact) mass is 506 g/mol. The molecule has 0 bridgehead atoms. The molecule has 2 saturated heterocycles. The molecule has 184 valence electrons. The van der Waals surface area contributed by atoms with Crippen LogP contribution in [-0.4, -0.2) is 45.0 Å². The Balaban J connectivity index is 1.32. The van der Waals surface area contributed by atoms with Crippen molar-refractivity contribution >= 4 is 28.9 Å². The van der Waals surface area contributed by atoms with Gasteiger partial charge in [-0.1, -0.05) is 41.9 Å². The quantitative estimate of drug-likeness (QED) is 0.402. The summed E-state index contributed by atoms with van der Waals surface area (Å²) in [7, 11) is 0. The fourth-order valence-corrected chi connectivity index (χ4v) is 5.01. The zero-order valence-corrected chi connectivity index (χ0v) is 20.0. The van der Waals surface area contributed by atoms with E-state index >= 15 is 0 Å². The molecule has 0 aliphatic carbocycles. The zero-order valence-electron chi connectivity index (χ0n) is 19.3. The molecule has 10 heteroatoms. The van der Waals surface area contributed by atoms with Gasteiger partial charge in [-0.25, -0.2) is 14.3 Å². The number of hydrogen-bond acceptors (Lipinski definition) is 8. The summed E-state index contributed by atoms with van der Waals surface area (Å²) >= 11 is 6.07. The van der Waals surface area contributed by atoms with Crippen LogP contribution in [0.2, 0.25) is 5.02 Å². The lowest BCUT2D eigenvalue weighted by Gasteiger charge is -2.27. The van der Waals surface area contributed by atoms with Crippen molar-refractivity contribution in [3.05, 3.63) is 94.9 Å². The molecular weight excluding hydrogens is 484 g/mol. The maximum absolute atomic E-state index is 12.6. The Morgan fingerprint density at radius 1 is 1.11 bits per heavy atom. The molecule has 0 amide bonds. The second kappa shape index (κ2) is 8.86. The molecule has 9 nitrogen and oxygen atoms in total. The smallest absolute Gasteiger partial charge is 0.338 e. The standard InChI is InChI=1S/C26H23ClN4O5/c1-26-21(18-11-12-19-23(28)29-14-30-31(18)19)34-20(13-33-24(32)15-5-3-2-4-6-15)22(26)35-25(36-26)16-7-9-17(27)10-8-16/h2-12,14,20-22,25H,13H2,1H3,(H2,28,29,30)/t20-,21+,22-,25?,26+/m1/s1. The number of rotatable bonds is 5. The molecule has 0 radical (unpaired) electrons. The third-order valence-corrected chi connectivity index (χ3v) is 6.93. The van der Waals surface area contributed by atoms with Crippen LogP contribution in [0.5, 0.6) is 0 Å². The number of hydrogen-bond donors (Lipinski definition) is 1. The van der Waals surface area contributed by atoms with Gasteiger partial charge in [-0.15, -0.1) is 0 Å². The molecule has 2 aliphatic rings. The van der Waals surface area contributed by atoms with E-state index in [4.69, 9.17) is 36.3 Å². The number of ether oxygens (including phenoxy) is 4. The highest BCUT2D eigenvalue weighted by molar-refractivity contribution is 6.30. The van der Waals surface area contributed by atoms with Crippen molar-refractivity contribution in [2.24, 2.45) is 0 Å². The highest BCUT2D eigenvalue weighted by Gasteiger charge is 2.62. The van der Waals surface area contributed by atoms with Gasteiger partial charge in [-0.2, -0.15) is 5.10 Å². The van der Waals surface area contributed by atoms with E-state index in [-0.39, 0.29) is 6.61 Å². The summed E-state index contributed by atoms with van der Waals surface area (Å²) in [5, 5.41) is 4.98. The Morgan fingerprint density at radius 2 is 1.89 bits per heavy atom. The van der Waals surface area contributed by atoms with E-state index in [9.17, 15) is 4.79 Å². The summed E-state index contributed by atoms with van der Waals surface area (Å²) in [5.41, 5.74) is 7.79. The number of carbonyl (C=O) groups is 1. The molecule has 6 rings (SSSR count). The Kier molecular flexibility index (Phi) is 5.65. The van der Waals surface area contributed by atoms with Gasteiger partial charge in [0.25, 0.3) is 0 Å². The predicted molar refractivity (Wildman–Crippen MR) is 130 cm³/mol. The Hall–Kier alpha value is -3.50. The number of halogens is 1. The maximum atomic E-state index is 12.6. The number of nitrogen functional groups attached to an aromatic ring is 1. The van der Waals surface area contributed by atoms with Crippen LogP contribution in [0.3, 0.4) is 0 Å². The molecule has 36 heavy (non-hydrogen) atoms. The molecule has 2 N–H and O–H groups in total. The number of benzene rings is 2. The summed E-state index contributed by atoms with van der Waals surface area (Å²) in [6, 6.07) is 19.8. The fraction of sp³-hybridized carbons (Fsp3) is 0.269. The molecule has 0 spiro atoms. The average Bonchev–Trinajstić information content (AvgIpc) is 3.54. The molecule has 5 atom stereocenters. The SMILES string of the molecule is C[C@@]12OC(c3ccc(Cl)cc3)O[C@@H]1[C@@H](COC(=O)c1ccccc1)O[C@H]2c1ccc2c(N)ncnn12. The van der Waals surface area contributed by atoms with E-state index in [1.165, 1.54) is 6.33 Å². The predicted octanol–water partition coefficient (Wildman–Crippen LogP) is 4.13. The van der Waals surface area contributed by atoms with Gasteiger partial charge >= 0.3 is 5.97 Å². The minimum absolute atomic E-state index is 0.0123. The van der Waals surface area contributed by atoms with Gasteiger partial charge in [0.2, 0.25) is 0 Å². The van der Waals surface area contributed by atoms with Crippen LogP contribution in [0, 0.1) is 0 Å². The van der Waals surface area contributed by atoms with Gasteiger partial charge in [-0.3, -0.25) is 0 Å². The first-order valence-corrected chi connectivity index (χ1v) is 11.9. The van der Waals surface area contributed by atoms with Gasteiger partial charge in [0.05, 0.1) is 11.3 Å². The molecular formula is C26H23ClN4O5. The van der Waals surface area contributed by atoms with Crippen LogP contribution in [0.25, 0.3) is 5.52 Å². The fourth-order valence-electron chi connectivity index (χ4n) is 4.89. The summed E-state index contributed by atoms with van der Waals surface area (Å²) in [5.74, 6) is -0.0851. The van der Waals surface area contributed by atoms with Crippen LogP contribution in [-0.2, 0) is 18.9 Å². The van der Waals surface area contributed by atoms with Crippen molar-refractivity contribution in [2.75, 3.05) is 12.3 Å². The highest BCUT2D eigenvalue weighted by atomic mass is 35.5. The summed E-state index contributed by atoms with van der Waals surface area (Å²) in [6.07, 6.45) is -0.965. The van der Waals surface area contributed by atoms with E-state index in [0.29, 0.717) is 21.9 Å². The number of aromatic nitrogens is 3. The van der Waals surface area contributed by atoms with E-state index in [0.717, 1.165) is 11.3 Å². The number of carbonyl (C=O) groups excluding carboxylic acids is 1. The van der Waals surface area contributed by atoms with Crippen molar-refractivity contribution in [1.29, 1.82) is 0 Å². The number of esters is 1. The molecule has 2 aromatic heterocycles. The first-order chi connectivity index (χ1) is 17.4. The van der Waals surface area contributed by atoms with Crippen molar-refractivity contribution in [1.82, 2.24) is 14.6 Å². The molecule has 4 aromatic rings. The molecule has 4 heterocycles. The van der Waals surface area contributed by atoms with Crippen molar-refractivity contribution in [3.63, 3.8) is 0 Å². The zero-order chi connectivity index (χ0) is 24.9. The Morgan fingerprint density at radius 3 is 2.67 bits per heavy atom. The van der Waals surface area contributed by atoms with Gasteiger partial charge in [0.1, 0.15) is 42.4 Å². The van der Waals surface area contributed by atoms with Gasteiger partial charge in [0.15, 0.2) is 12.1 Å². The number of fused-ring (bicyclic) bond motifs is 2. The summed E-state index contributed by atoms with van der Waals surface area (Å²) < 4.78 is 26.7. The minimum Gasteiger partial charge on any atom is -0.459 e. The van der Waals surface area contributed by atoms with Crippen LogP contribution in [0.4, 0.5) is 5.82 Å². The van der Waals surface area contributed by atoms with Crippen LogP contribution in [0.15, 0.2) is 73.1 Å². The van der Waals surface area contributed by atoms with Crippen molar-refractivity contribution in [3.8, 4) is 0 Å². The Labute approximate surface area is 211 Å². The second-order valence-electron chi connectivity index (χ2n) is 8.96. The topological polar surface area (TPSA) is 110 Å². The normalized spacial score (nSPS) is 27.3. The third kappa shape index (κ3) is 3.81. The van der Waals surface area contributed by atoms with E-state index in [1.54, 1.807) is 40.9 Å². The van der Waals surface area contributed by atoms with Crippen LogP contribution in [0.1, 0.15) is 40.9 Å². The average molecular weight is 507 g/mol. The number of nitrogens with two attached hydrogens (primary N) is 1. The van der Waals surface area contributed by atoms with Crippen molar-refractivity contribution < 1.29 is 23.7 Å². The lowest BCUT2D eigenvalue weighted by atomic mass is 9.91. The minimum atomic E-state index is -0.915. The van der Waals surface area contributed by atoms with Gasteiger partial charge in [-0.05, 0) is 43.3 Å². The molecule has 1 unspecified atom stereocenters. The third-order valence-electron chi connectivity index (χ3n) is 6.68. The molecule has 0 saturated carbocycles. The summed E-state index contributed by atoms with van der Waals surface area (Å²) in [4.78, 5) is 16.7. The largest absolute Gasteiger partial charge is 0.459 e. The Bertz CT molecular complexity index is 1410. The molecule has 2 aromatic carbocycles. The van der Waals surface area contributed by atoms with Crippen LogP contribution >= 0.6 is 11.6 Å². The first kappa shape index (κ1) is 22.9. The van der Waals surface area contributed by atoms with Gasteiger partial charge < -0.3 is 24.7 Å². The number of anilines is 1. The van der Waals surface area contributed by atoms with E-state index < -0.39 is 36.2 Å². The summed E-state index contributed by atoms with van der Waals surface area (Å²) in [6.45, 7) is 1.92. The second-order valence-corrected chi connectivity index (χ2v) is 9.40. The van der Waals surface area contributed by atoms with E-state index in [2.05, 4.69) is 10.1 Å². The molecule has 2 fully saturated rings.